The first-order chi connectivity index (χ1) is 18.5. The number of nitrogens with zero attached hydrogens (tertiary/aromatic N) is 4. The summed E-state index contributed by atoms with van der Waals surface area (Å²) in [6.45, 7) is 0.754. The third kappa shape index (κ3) is 5.76. The molecule has 0 saturated carbocycles. The molecule has 2 aliphatic rings. The Hall–Kier alpha value is -3.51. The summed E-state index contributed by atoms with van der Waals surface area (Å²) in [6.07, 6.45) is -1.06. The number of alkyl halides is 3. The van der Waals surface area contributed by atoms with E-state index in [1.54, 1.807) is 24.3 Å². The van der Waals surface area contributed by atoms with Crippen LogP contribution in [-0.4, -0.2) is 61.6 Å². The Balaban J connectivity index is 1.33. The van der Waals surface area contributed by atoms with E-state index in [9.17, 15) is 32.7 Å². The molecule has 3 heterocycles. The van der Waals surface area contributed by atoms with E-state index in [0.717, 1.165) is 29.1 Å². The molecule has 13 heteroatoms. The van der Waals surface area contributed by atoms with Gasteiger partial charge in [-0.3, -0.25) is 19.2 Å². The maximum absolute atomic E-state index is 13.5. The van der Waals surface area contributed by atoms with Crippen LogP contribution in [-0.2, 0) is 17.5 Å². The van der Waals surface area contributed by atoms with Crippen LogP contribution < -0.4 is 0 Å². The topological polar surface area (TPSA) is 95.7 Å². The van der Waals surface area contributed by atoms with E-state index in [4.69, 9.17) is 11.6 Å². The number of imide groups is 1. The number of piperidine rings is 1. The van der Waals surface area contributed by atoms with Crippen molar-refractivity contribution in [2.24, 2.45) is 5.92 Å². The Bertz CT molecular complexity index is 1510. The van der Waals surface area contributed by atoms with Gasteiger partial charge in [-0.05, 0) is 72.0 Å². The van der Waals surface area contributed by atoms with Gasteiger partial charge >= 0.3 is 12.3 Å². The highest BCUT2D eigenvalue weighted by molar-refractivity contribution is 8.18. The van der Waals surface area contributed by atoms with Crippen molar-refractivity contribution in [3.63, 3.8) is 0 Å². The predicted molar refractivity (Wildman–Crippen MR) is 140 cm³/mol. The Morgan fingerprint density at radius 1 is 1.21 bits per heavy atom. The molecular formula is C26H22ClF3N4O4S. The normalized spacial score (nSPS) is 19.5. The van der Waals surface area contributed by atoms with Crippen LogP contribution in [0, 0.1) is 5.92 Å². The predicted octanol–water partition coefficient (Wildman–Crippen LogP) is 6.18. The number of fused-ring (bicyclic) bond motifs is 1. The molecule has 39 heavy (non-hydrogen) atoms. The van der Waals surface area contributed by atoms with Crippen LogP contribution in [0.1, 0.15) is 29.5 Å². The number of hydrogen-bond acceptors (Lipinski definition) is 5. The van der Waals surface area contributed by atoms with Gasteiger partial charge in [-0.2, -0.15) is 18.3 Å². The van der Waals surface area contributed by atoms with Crippen molar-refractivity contribution in [3.8, 4) is 0 Å². The zero-order chi connectivity index (χ0) is 27.9. The van der Waals surface area contributed by atoms with Gasteiger partial charge in [-0.15, -0.1) is 0 Å². The molecule has 1 aromatic heterocycles. The molecule has 1 N–H and O–H groups in total. The van der Waals surface area contributed by atoms with Crippen LogP contribution in [0.4, 0.5) is 22.8 Å². The molecule has 0 aliphatic carbocycles. The highest BCUT2D eigenvalue weighted by atomic mass is 35.5. The SMILES string of the molecule is O=C(O)N1CCC[C@@H](CN2C(=O)SC(=Cc3ccc4c(cnn4Cc4ccc(Cl)cc4C(F)(F)F)c3)C2=O)C1. The summed E-state index contributed by atoms with van der Waals surface area (Å²) in [4.78, 5) is 39.6. The lowest BCUT2D eigenvalue weighted by atomic mass is 9.98. The van der Waals surface area contributed by atoms with E-state index in [1.165, 1.54) is 27.9 Å². The molecule has 3 amide bonds. The molecule has 204 valence electrons. The summed E-state index contributed by atoms with van der Waals surface area (Å²) < 4.78 is 42.0. The number of carbonyl (C=O) groups is 3. The summed E-state index contributed by atoms with van der Waals surface area (Å²) in [5.74, 6) is -0.556. The number of thioether (sulfide) groups is 1. The van der Waals surface area contributed by atoms with Crippen molar-refractivity contribution in [2.45, 2.75) is 25.6 Å². The summed E-state index contributed by atoms with van der Waals surface area (Å²) in [5, 5.41) is 13.7. The highest BCUT2D eigenvalue weighted by Gasteiger charge is 2.38. The number of aromatic nitrogens is 2. The summed E-state index contributed by atoms with van der Waals surface area (Å²) in [6, 6.07) is 8.77. The number of likely N-dealkylation sites (tertiary alicyclic amines) is 1. The number of rotatable bonds is 5. The number of hydrogen-bond donors (Lipinski definition) is 1. The fourth-order valence-corrected chi connectivity index (χ4v) is 5.91. The number of carbonyl (C=O) groups excluding carboxylic acids is 2. The van der Waals surface area contributed by atoms with E-state index >= 15 is 0 Å². The largest absolute Gasteiger partial charge is 0.465 e. The maximum Gasteiger partial charge on any atom is 0.416 e. The first-order valence-corrected chi connectivity index (χ1v) is 13.2. The summed E-state index contributed by atoms with van der Waals surface area (Å²) in [7, 11) is 0. The number of benzene rings is 2. The lowest BCUT2D eigenvalue weighted by molar-refractivity contribution is -0.138. The molecule has 2 aliphatic heterocycles. The average molecular weight is 579 g/mol. The van der Waals surface area contributed by atoms with Crippen LogP contribution in [0.5, 0.6) is 0 Å². The molecule has 0 bridgehead atoms. The van der Waals surface area contributed by atoms with Gasteiger partial charge in [0.25, 0.3) is 11.1 Å². The van der Waals surface area contributed by atoms with Gasteiger partial charge in [0.15, 0.2) is 0 Å². The van der Waals surface area contributed by atoms with E-state index < -0.39 is 29.0 Å². The van der Waals surface area contributed by atoms with Gasteiger partial charge in [-0.1, -0.05) is 23.7 Å². The van der Waals surface area contributed by atoms with Crippen LogP contribution in [0.25, 0.3) is 17.0 Å². The van der Waals surface area contributed by atoms with Gasteiger partial charge in [-0.25, -0.2) is 4.79 Å². The fourth-order valence-electron chi connectivity index (χ4n) is 4.89. The van der Waals surface area contributed by atoms with Gasteiger partial charge in [0.1, 0.15) is 0 Å². The smallest absolute Gasteiger partial charge is 0.416 e. The number of halogens is 4. The fraction of sp³-hybridized carbons (Fsp3) is 0.308. The molecule has 3 aromatic rings. The second-order valence-corrected chi connectivity index (χ2v) is 10.9. The van der Waals surface area contributed by atoms with Crippen molar-refractivity contribution in [3.05, 3.63) is 69.2 Å². The monoisotopic (exact) mass is 578 g/mol. The first kappa shape index (κ1) is 27.1. The molecule has 0 unspecified atom stereocenters. The minimum atomic E-state index is -4.56. The van der Waals surface area contributed by atoms with Crippen molar-refractivity contribution in [1.82, 2.24) is 19.6 Å². The van der Waals surface area contributed by atoms with Crippen molar-refractivity contribution in [1.29, 1.82) is 0 Å². The summed E-state index contributed by atoms with van der Waals surface area (Å²) in [5.41, 5.74) is 0.433. The lowest BCUT2D eigenvalue weighted by Gasteiger charge is -2.32. The zero-order valence-corrected chi connectivity index (χ0v) is 21.9. The Morgan fingerprint density at radius 3 is 2.74 bits per heavy atom. The van der Waals surface area contributed by atoms with E-state index in [1.807, 2.05) is 0 Å². The Morgan fingerprint density at radius 2 is 2.00 bits per heavy atom. The molecule has 0 radical (unpaired) electrons. The molecule has 5 rings (SSSR count). The van der Waals surface area contributed by atoms with Gasteiger partial charge in [0, 0.05) is 30.0 Å². The van der Waals surface area contributed by atoms with Crippen LogP contribution in [0.15, 0.2) is 47.5 Å². The highest BCUT2D eigenvalue weighted by Crippen LogP contribution is 2.36. The van der Waals surface area contributed by atoms with Crippen molar-refractivity contribution in [2.75, 3.05) is 19.6 Å². The second kappa shape index (κ2) is 10.6. The van der Waals surface area contributed by atoms with Crippen molar-refractivity contribution >= 4 is 57.6 Å². The van der Waals surface area contributed by atoms with Gasteiger partial charge in [0.05, 0.1) is 28.7 Å². The molecule has 8 nitrogen and oxygen atoms in total. The number of carboxylic acid groups (broad SMARTS) is 1. The van der Waals surface area contributed by atoms with Crippen LogP contribution in [0.3, 0.4) is 0 Å². The Kier molecular flexibility index (Phi) is 7.34. The average Bonchev–Trinajstić information content (AvgIpc) is 3.39. The van der Waals surface area contributed by atoms with Gasteiger partial charge < -0.3 is 10.0 Å². The van der Waals surface area contributed by atoms with Gasteiger partial charge in [0.2, 0.25) is 0 Å². The first-order valence-electron chi connectivity index (χ1n) is 12.0. The maximum atomic E-state index is 13.5. The number of amides is 3. The van der Waals surface area contributed by atoms with E-state index in [0.29, 0.717) is 29.4 Å². The second-order valence-electron chi connectivity index (χ2n) is 9.45. The third-order valence-electron chi connectivity index (χ3n) is 6.76. The molecule has 2 aromatic carbocycles. The van der Waals surface area contributed by atoms with E-state index in [2.05, 4.69) is 5.10 Å². The minimum Gasteiger partial charge on any atom is -0.465 e. The molecule has 2 fully saturated rings. The lowest BCUT2D eigenvalue weighted by Crippen LogP contribution is -2.44. The molecule has 0 spiro atoms. The molecular weight excluding hydrogens is 557 g/mol. The molecule has 2 saturated heterocycles. The standard InChI is InChI=1S/C26H22ClF3N4O4S/c27-19-5-4-17(20(10-19)26(28,29)30)14-34-21-6-3-15(8-18(21)11-31-34)9-22-23(35)33(25(38)39-22)13-16-2-1-7-32(12-16)24(36)37/h3-6,8-11,16H,1-2,7,12-14H2,(H,36,37)/t16-/m1/s1. The van der Waals surface area contributed by atoms with Crippen LogP contribution >= 0.6 is 23.4 Å². The van der Waals surface area contributed by atoms with E-state index in [-0.39, 0.29) is 41.0 Å². The van der Waals surface area contributed by atoms with Crippen LogP contribution in [0.2, 0.25) is 5.02 Å². The quantitative estimate of drug-likeness (QED) is 0.363. The minimum absolute atomic E-state index is 0.00794. The summed E-state index contributed by atoms with van der Waals surface area (Å²) >= 11 is 6.60. The zero-order valence-electron chi connectivity index (χ0n) is 20.3. The Labute approximate surface area is 230 Å². The third-order valence-corrected chi connectivity index (χ3v) is 7.91. The molecule has 1 atom stereocenters. The van der Waals surface area contributed by atoms with Crippen molar-refractivity contribution < 1.29 is 32.7 Å².